The van der Waals surface area contributed by atoms with Gasteiger partial charge < -0.3 is 16.6 Å². The van der Waals surface area contributed by atoms with Crippen LogP contribution in [0.1, 0.15) is 16.8 Å². The van der Waals surface area contributed by atoms with E-state index in [1.165, 1.54) is 18.2 Å². The molecule has 0 unspecified atom stereocenters. The monoisotopic (exact) mass is 245 g/mol. The van der Waals surface area contributed by atoms with Crippen molar-refractivity contribution >= 4 is 29.0 Å². The van der Waals surface area contributed by atoms with Crippen LogP contribution in [-0.4, -0.2) is 22.9 Å². The van der Waals surface area contributed by atoms with Crippen LogP contribution >= 0.6 is 11.6 Å². The Hall–Kier alpha value is -1.59. The number of hydrogen-bond acceptors (Lipinski definition) is 4. The van der Waals surface area contributed by atoms with Crippen LogP contribution in [0.5, 0.6) is 0 Å². The maximum atomic E-state index is 11.6. The van der Waals surface area contributed by atoms with Crippen LogP contribution in [0, 0.1) is 0 Å². The normalized spacial score (nSPS) is 12.1. The number of hydrogen-bond donors (Lipinski definition) is 3. The predicted molar refractivity (Wildman–Crippen MR) is 60.4 cm³/mol. The Morgan fingerprint density at radius 2 is 2.06 bits per heavy atom. The zero-order valence-electron chi connectivity index (χ0n) is 8.31. The number of nitrogen functional groups attached to an aromatic ring is 1. The molecule has 1 aromatic rings. The van der Waals surface area contributed by atoms with Gasteiger partial charge in [-0.3, -0.25) is 9.59 Å². The first kappa shape index (κ1) is 12.5. The first-order valence-electron chi connectivity index (χ1n) is 4.48. The number of aliphatic carboxylic acids is 1. The van der Waals surface area contributed by atoms with Crippen LogP contribution in [0.15, 0.2) is 18.2 Å². The average molecular weight is 246 g/mol. The van der Waals surface area contributed by atoms with Crippen molar-refractivity contribution in [1.82, 2.24) is 0 Å². The minimum absolute atomic E-state index is 0.218. The molecule has 0 bridgehead atoms. The Kier molecular flexibility index (Phi) is 3.87. The smallest absolute Gasteiger partial charge is 0.320 e. The van der Waals surface area contributed by atoms with Crippen molar-refractivity contribution < 1.29 is 14.7 Å². The minimum Gasteiger partial charge on any atom is -0.480 e. The zero-order chi connectivity index (χ0) is 12.3. The molecule has 0 fully saturated rings. The summed E-state index contributed by atoms with van der Waals surface area (Å²) in [6.07, 6.45) is -0.291. The van der Waals surface area contributed by atoms with E-state index in [9.17, 15) is 9.59 Å². The molecule has 1 rings (SSSR count). The Morgan fingerprint density at radius 1 is 1.44 bits per heavy atom. The number of rotatable bonds is 4. The second-order valence-electron chi connectivity index (χ2n) is 3.30. The summed E-state index contributed by atoms with van der Waals surface area (Å²) >= 11 is 5.67. The SMILES string of the molecule is Nc1cc(Cl)ccc1C(=O)C[13C@H]([15NH2])[13C](=O)O. The highest BCUT2D eigenvalue weighted by Gasteiger charge is 2.18. The van der Waals surface area contributed by atoms with Crippen LogP contribution in [0.25, 0.3) is 0 Å². The highest BCUT2D eigenvalue weighted by atomic mass is 35.5. The molecule has 0 heterocycles. The molecular formula is C10H11ClN2O3. The summed E-state index contributed by atoms with van der Waals surface area (Å²) in [6, 6.07) is 3.18. The molecule has 86 valence electrons. The first-order valence-corrected chi connectivity index (χ1v) is 4.86. The number of benzene rings is 1. The summed E-state index contributed by atoms with van der Waals surface area (Å²) < 4.78 is 0. The highest BCUT2D eigenvalue weighted by Crippen LogP contribution is 2.19. The van der Waals surface area contributed by atoms with Crippen molar-refractivity contribution in [3.63, 3.8) is 0 Å². The number of anilines is 1. The average Bonchev–Trinajstić information content (AvgIpc) is 2.16. The van der Waals surface area contributed by atoms with Gasteiger partial charge in [0, 0.05) is 22.7 Å². The summed E-state index contributed by atoms with van der Waals surface area (Å²) in [4.78, 5) is 22.1. The number of carbonyl (C=O) groups excluding carboxylic acids is 1. The van der Waals surface area contributed by atoms with E-state index in [2.05, 4.69) is 0 Å². The van der Waals surface area contributed by atoms with Crippen molar-refractivity contribution in [3.05, 3.63) is 28.8 Å². The van der Waals surface area contributed by atoms with E-state index in [0.29, 0.717) is 5.02 Å². The summed E-state index contributed by atoms with van der Waals surface area (Å²) in [5.74, 6) is -1.63. The number of carboxylic acid groups (broad SMARTS) is 1. The lowest BCUT2D eigenvalue weighted by molar-refractivity contribution is -0.138. The molecule has 0 radical (unpaired) electrons. The molecule has 0 saturated heterocycles. The van der Waals surface area contributed by atoms with E-state index in [1.54, 1.807) is 0 Å². The topological polar surface area (TPSA) is 106 Å². The van der Waals surface area contributed by atoms with Gasteiger partial charge in [0.1, 0.15) is 6.04 Å². The molecule has 0 aromatic heterocycles. The van der Waals surface area contributed by atoms with Crippen LogP contribution in [0.4, 0.5) is 5.69 Å². The number of nitrogens with two attached hydrogens (primary N) is 2. The maximum absolute atomic E-state index is 11.6. The predicted octanol–water partition coefficient (Wildman–Crippen LogP) is 0.907. The largest absolute Gasteiger partial charge is 0.480 e. The van der Waals surface area contributed by atoms with Gasteiger partial charge in [0.2, 0.25) is 0 Å². The van der Waals surface area contributed by atoms with E-state index < -0.39 is 17.8 Å². The lowest BCUT2D eigenvalue weighted by Gasteiger charge is -2.07. The lowest BCUT2D eigenvalue weighted by atomic mass is 10.1. The van der Waals surface area contributed by atoms with Crippen molar-refractivity contribution in [1.29, 1.82) is 0 Å². The molecule has 5 N–H and O–H groups in total. The second-order valence-corrected chi connectivity index (χ2v) is 3.74. The number of ketones is 1. The number of halogens is 1. The highest BCUT2D eigenvalue weighted by molar-refractivity contribution is 6.31. The Balaban J connectivity index is 2.85. The van der Waals surface area contributed by atoms with Gasteiger partial charge in [-0.05, 0) is 18.2 Å². The van der Waals surface area contributed by atoms with Gasteiger partial charge in [-0.1, -0.05) is 11.6 Å². The van der Waals surface area contributed by atoms with Crippen molar-refractivity contribution in [3.8, 4) is 0 Å². The van der Waals surface area contributed by atoms with Crippen LogP contribution < -0.4 is 11.5 Å². The Morgan fingerprint density at radius 3 is 2.56 bits per heavy atom. The van der Waals surface area contributed by atoms with Crippen LogP contribution in [0.3, 0.4) is 0 Å². The molecule has 6 heteroatoms. The summed E-state index contributed by atoms with van der Waals surface area (Å²) in [5.41, 5.74) is 11.3. The van der Waals surface area contributed by atoms with E-state index in [-0.39, 0.29) is 17.7 Å². The molecule has 0 aliphatic rings. The molecule has 16 heavy (non-hydrogen) atoms. The number of carbonyl (C=O) groups is 2. The summed E-state index contributed by atoms with van der Waals surface area (Å²) in [5, 5.41) is 8.98. The van der Waals surface area contributed by atoms with Gasteiger partial charge in [-0.2, -0.15) is 0 Å². The van der Waals surface area contributed by atoms with Gasteiger partial charge in [0.25, 0.3) is 0 Å². The standard InChI is InChI=1S/C10H11ClN2O3/c11-5-1-2-6(7(12)3-5)9(14)4-8(13)10(15)16/h1-3,8H,4,12-13H2,(H,15,16)/t8-/m0/s1/i8+1,10+1,13+1. The van der Waals surface area contributed by atoms with Gasteiger partial charge in [-0.15, -0.1) is 0 Å². The Labute approximate surface area is 97.0 Å². The molecule has 1 atom stereocenters. The zero-order valence-corrected chi connectivity index (χ0v) is 9.07. The second kappa shape index (κ2) is 4.96. The fourth-order valence-corrected chi connectivity index (χ4v) is 1.37. The molecule has 1 aromatic carbocycles. The van der Waals surface area contributed by atoms with Crippen molar-refractivity contribution in [2.45, 2.75) is 12.5 Å². The molecule has 0 saturated carbocycles. The summed E-state index contributed by atoms with van der Waals surface area (Å²) in [6.45, 7) is 0. The van der Waals surface area contributed by atoms with E-state index in [4.69, 9.17) is 28.2 Å². The Bertz CT molecular complexity index is 434. The third-order valence-electron chi connectivity index (χ3n) is 2.04. The van der Waals surface area contributed by atoms with E-state index in [1.807, 2.05) is 0 Å². The quantitative estimate of drug-likeness (QED) is 0.316. The van der Waals surface area contributed by atoms with Gasteiger partial charge in [-0.25, -0.2) is 0 Å². The molecule has 0 aliphatic carbocycles. The fourth-order valence-electron chi connectivity index (χ4n) is 1.18. The fraction of sp³-hybridized carbons (Fsp3) is 0.200. The van der Waals surface area contributed by atoms with Gasteiger partial charge in [0.15, 0.2) is 5.78 Å². The lowest BCUT2D eigenvalue weighted by Crippen LogP contribution is -2.32. The molecule has 0 amide bonds. The minimum atomic E-state index is -1.22. The van der Waals surface area contributed by atoms with Gasteiger partial charge >= 0.3 is 5.97 Å². The number of Topliss-reactive ketones (excluding diaryl/α,β-unsaturated/α-hetero) is 1. The van der Waals surface area contributed by atoms with Crippen molar-refractivity contribution in [2.24, 2.45) is 5.73 Å². The van der Waals surface area contributed by atoms with E-state index >= 15 is 0 Å². The van der Waals surface area contributed by atoms with Crippen LogP contribution in [0.2, 0.25) is 5.02 Å². The van der Waals surface area contributed by atoms with Gasteiger partial charge in [0.05, 0.1) is 0 Å². The van der Waals surface area contributed by atoms with Crippen molar-refractivity contribution in [2.75, 3.05) is 5.73 Å². The molecular weight excluding hydrogens is 235 g/mol. The molecule has 0 spiro atoms. The van der Waals surface area contributed by atoms with Crippen LogP contribution in [-0.2, 0) is 4.79 Å². The third-order valence-corrected chi connectivity index (χ3v) is 2.27. The molecule has 5 nitrogen and oxygen atoms in total. The first-order chi connectivity index (χ1) is 7.41. The maximum Gasteiger partial charge on any atom is 0.320 e. The third kappa shape index (κ3) is 2.95. The number of carboxylic acids is 1. The molecule has 0 aliphatic heterocycles. The van der Waals surface area contributed by atoms with E-state index in [0.717, 1.165) is 0 Å². The summed E-state index contributed by atoms with van der Waals surface area (Å²) in [7, 11) is 0.